The molecule has 5 rings (SSSR count). The Bertz CT molecular complexity index is 1620. The highest BCUT2D eigenvalue weighted by molar-refractivity contribution is 6.22. The van der Waals surface area contributed by atoms with Crippen LogP contribution in [-0.4, -0.2) is 71.7 Å². The maximum absolute atomic E-state index is 12.7. The monoisotopic (exact) mass is 552 g/mol. The molecule has 1 aliphatic heterocycles. The number of piperidine rings is 1. The minimum atomic E-state index is -0.456. The van der Waals surface area contributed by atoms with Gasteiger partial charge in [-0.05, 0) is 61.9 Å². The van der Waals surface area contributed by atoms with Crippen LogP contribution in [0.25, 0.3) is 10.9 Å². The number of ketones is 1. The largest absolute Gasteiger partial charge is 0.494 e. The quantitative estimate of drug-likeness (QED) is 0.218. The molecule has 0 radical (unpaired) electrons. The van der Waals surface area contributed by atoms with E-state index in [-0.39, 0.29) is 17.6 Å². The number of aromatic nitrogens is 1. The fraction of sp³-hybridized carbons (Fsp3) is 0.250. The summed E-state index contributed by atoms with van der Waals surface area (Å²) in [4.78, 5) is 46.5. The van der Waals surface area contributed by atoms with Gasteiger partial charge in [-0.1, -0.05) is 30.3 Å². The molecule has 1 saturated heterocycles. The molecule has 0 spiro atoms. The average Bonchev–Trinajstić information content (AvgIpc) is 3.29. The van der Waals surface area contributed by atoms with Crippen molar-refractivity contribution in [3.8, 4) is 5.88 Å². The molecule has 210 valence electrons. The minimum absolute atomic E-state index is 0.0737. The Morgan fingerprint density at radius 1 is 1.07 bits per heavy atom. The normalized spacial score (nSPS) is 14.3. The number of H-pyrrole nitrogens is 1. The lowest BCUT2D eigenvalue weighted by molar-refractivity contribution is -0.122. The molecule has 1 fully saturated rings. The van der Waals surface area contributed by atoms with Gasteiger partial charge in [0, 0.05) is 41.5 Å². The number of likely N-dealkylation sites (tertiary alicyclic amines) is 1. The second-order valence-electron chi connectivity index (χ2n) is 10.1. The van der Waals surface area contributed by atoms with E-state index in [9.17, 15) is 19.5 Å². The van der Waals surface area contributed by atoms with Crippen molar-refractivity contribution >= 4 is 40.0 Å². The average molecular weight is 553 g/mol. The van der Waals surface area contributed by atoms with Crippen LogP contribution >= 0.6 is 0 Å². The number of nitrogens with zero attached hydrogens (tertiary/aromatic N) is 2. The van der Waals surface area contributed by atoms with Gasteiger partial charge in [0.15, 0.2) is 5.88 Å². The van der Waals surface area contributed by atoms with Crippen molar-refractivity contribution in [2.45, 2.75) is 19.8 Å². The van der Waals surface area contributed by atoms with Crippen molar-refractivity contribution in [2.75, 3.05) is 33.3 Å². The molecule has 1 amide bonds. The number of amides is 1. The summed E-state index contributed by atoms with van der Waals surface area (Å²) in [6.45, 7) is 4.23. The number of methoxy groups -OCH3 is 1. The van der Waals surface area contributed by atoms with Gasteiger partial charge < -0.3 is 20.1 Å². The third-order valence-corrected chi connectivity index (χ3v) is 7.23. The predicted molar refractivity (Wildman–Crippen MR) is 157 cm³/mol. The first-order valence-corrected chi connectivity index (χ1v) is 13.5. The molecular formula is C32H32N4O5. The van der Waals surface area contributed by atoms with Crippen LogP contribution in [-0.2, 0) is 9.53 Å². The summed E-state index contributed by atoms with van der Waals surface area (Å²) in [5, 5.41) is 14.6. The number of carbonyl (C=O) groups is 3. The molecule has 1 aliphatic rings. The van der Waals surface area contributed by atoms with Crippen LogP contribution in [0, 0.1) is 6.92 Å². The fourth-order valence-electron chi connectivity index (χ4n) is 5.11. The second kappa shape index (κ2) is 12.2. The summed E-state index contributed by atoms with van der Waals surface area (Å²) in [7, 11) is 1.33. The first-order chi connectivity index (χ1) is 19.8. The third kappa shape index (κ3) is 6.20. The Morgan fingerprint density at radius 3 is 2.54 bits per heavy atom. The molecule has 0 bridgehead atoms. The fourth-order valence-corrected chi connectivity index (χ4v) is 5.11. The smallest absolute Gasteiger partial charge is 0.338 e. The second-order valence-corrected chi connectivity index (χ2v) is 10.1. The topological polar surface area (TPSA) is 124 Å². The highest BCUT2D eigenvalue weighted by Crippen LogP contribution is 2.33. The molecule has 0 unspecified atom stereocenters. The van der Waals surface area contributed by atoms with Gasteiger partial charge >= 0.3 is 5.97 Å². The molecular weight excluding hydrogens is 520 g/mol. The number of Topliss-reactive ketones (excluding diaryl/α,β-unsaturated/α-hetero) is 1. The molecule has 0 atom stereocenters. The van der Waals surface area contributed by atoms with Crippen molar-refractivity contribution in [3.05, 3.63) is 94.5 Å². The molecule has 2 heterocycles. The van der Waals surface area contributed by atoms with E-state index in [0.717, 1.165) is 18.5 Å². The SMILES string of the molecule is COC(=O)c1cc2[nH]c(O)c(C(=Nc3ccc(C(=O)NCCN4CCCC(=O)C4)cc3)c3ccccc3)c2cc1C. The van der Waals surface area contributed by atoms with E-state index < -0.39 is 5.97 Å². The molecule has 4 aromatic rings. The number of carbonyl (C=O) groups excluding carboxylic acids is 3. The van der Waals surface area contributed by atoms with Gasteiger partial charge in [0.2, 0.25) is 0 Å². The summed E-state index contributed by atoms with van der Waals surface area (Å²) < 4.78 is 4.90. The van der Waals surface area contributed by atoms with E-state index in [0.29, 0.717) is 70.6 Å². The number of aromatic amines is 1. The van der Waals surface area contributed by atoms with Crippen molar-refractivity contribution in [1.82, 2.24) is 15.2 Å². The zero-order valence-electron chi connectivity index (χ0n) is 23.1. The van der Waals surface area contributed by atoms with Gasteiger partial charge in [-0.25, -0.2) is 9.79 Å². The number of aromatic hydroxyl groups is 1. The highest BCUT2D eigenvalue weighted by atomic mass is 16.5. The maximum atomic E-state index is 12.7. The minimum Gasteiger partial charge on any atom is -0.494 e. The van der Waals surface area contributed by atoms with Crippen LogP contribution in [0.1, 0.15) is 50.2 Å². The molecule has 41 heavy (non-hydrogen) atoms. The molecule has 9 nitrogen and oxygen atoms in total. The van der Waals surface area contributed by atoms with Crippen LogP contribution in [0.2, 0.25) is 0 Å². The number of benzene rings is 3. The van der Waals surface area contributed by atoms with Crippen molar-refractivity contribution in [1.29, 1.82) is 0 Å². The molecule has 0 saturated carbocycles. The summed E-state index contributed by atoms with van der Waals surface area (Å²) in [5.74, 6) is -0.480. The molecule has 1 aromatic heterocycles. The van der Waals surface area contributed by atoms with Gasteiger partial charge in [-0.15, -0.1) is 0 Å². The van der Waals surface area contributed by atoms with E-state index in [2.05, 4.69) is 15.2 Å². The van der Waals surface area contributed by atoms with E-state index >= 15 is 0 Å². The number of hydrogen-bond acceptors (Lipinski definition) is 7. The third-order valence-electron chi connectivity index (χ3n) is 7.23. The van der Waals surface area contributed by atoms with Crippen LogP contribution in [0.3, 0.4) is 0 Å². The number of rotatable bonds is 8. The Hall–Kier alpha value is -4.76. The van der Waals surface area contributed by atoms with Gasteiger partial charge in [0.05, 0.1) is 36.2 Å². The number of aliphatic imine (C=N–C) groups is 1. The van der Waals surface area contributed by atoms with Crippen molar-refractivity contribution in [3.63, 3.8) is 0 Å². The maximum Gasteiger partial charge on any atom is 0.338 e. The van der Waals surface area contributed by atoms with Gasteiger partial charge in [0.1, 0.15) is 5.78 Å². The molecule has 3 aromatic carbocycles. The Labute approximate surface area is 237 Å². The standard InChI is InChI=1S/C32H32N4O5/c1-20-17-26-27(18-25(20)32(40)41-2)35-31(39)28(26)29(21-7-4-3-5-8-21)34-23-12-10-22(11-13-23)30(38)33-14-16-36-15-6-9-24(37)19-36/h3-5,7-8,10-13,17-18,35,39H,6,9,14-16,19H2,1-2H3,(H,33,38). The molecule has 9 heteroatoms. The van der Waals surface area contributed by atoms with E-state index in [1.54, 1.807) is 30.3 Å². The number of esters is 1. The zero-order chi connectivity index (χ0) is 28.9. The summed E-state index contributed by atoms with van der Waals surface area (Å²) in [6.07, 6.45) is 1.50. The zero-order valence-corrected chi connectivity index (χ0v) is 23.1. The Balaban J connectivity index is 1.42. The Morgan fingerprint density at radius 2 is 1.83 bits per heavy atom. The van der Waals surface area contributed by atoms with E-state index in [4.69, 9.17) is 9.73 Å². The highest BCUT2D eigenvalue weighted by Gasteiger charge is 2.21. The number of aryl methyl sites for hydroxylation is 1. The number of hydrogen-bond donors (Lipinski definition) is 3. The van der Waals surface area contributed by atoms with Gasteiger partial charge in [-0.3, -0.25) is 14.5 Å². The lowest BCUT2D eigenvalue weighted by atomic mass is 9.98. The predicted octanol–water partition coefficient (Wildman–Crippen LogP) is 4.53. The van der Waals surface area contributed by atoms with Crippen molar-refractivity contribution in [2.24, 2.45) is 4.99 Å². The summed E-state index contributed by atoms with van der Waals surface area (Å²) >= 11 is 0. The first kappa shape index (κ1) is 27.8. The van der Waals surface area contributed by atoms with Crippen LogP contribution < -0.4 is 5.32 Å². The lowest BCUT2D eigenvalue weighted by Crippen LogP contribution is -2.40. The van der Waals surface area contributed by atoms with E-state index in [1.165, 1.54) is 7.11 Å². The molecule has 3 N–H and O–H groups in total. The Kier molecular flexibility index (Phi) is 8.26. The van der Waals surface area contributed by atoms with Crippen LogP contribution in [0.5, 0.6) is 5.88 Å². The number of nitrogens with one attached hydrogen (secondary N) is 2. The summed E-state index contributed by atoms with van der Waals surface area (Å²) in [6, 6.07) is 19.9. The van der Waals surface area contributed by atoms with E-state index in [1.807, 2.05) is 43.3 Å². The van der Waals surface area contributed by atoms with Crippen molar-refractivity contribution < 1.29 is 24.2 Å². The van der Waals surface area contributed by atoms with Gasteiger partial charge in [0.25, 0.3) is 5.91 Å². The molecule has 0 aliphatic carbocycles. The number of fused-ring (bicyclic) bond motifs is 1. The lowest BCUT2D eigenvalue weighted by Gasteiger charge is -2.25. The summed E-state index contributed by atoms with van der Waals surface area (Å²) in [5.41, 5.74) is 4.62. The van der Waals surface area contributed by atoms with Crippen LogP contribution in [0.4, 0.5) is 5.69 Å². The number of ether oxygens (including phenoxy) is 1. The van der Waals surface area contributed by atoms with Gasteiger partial charge in [-0.2, -0.15) is 0 Å². The van der Waals surface area contributed by atoms with Crippen LogP contribution in [0.15, 0.2) is 71.7 Å². The first-order valence-electron chi connectivity index (χ1n) is 13.5.